The van der Waals surface area contributed by atoms with Gasteiger partial charge >= 0.3 is 6.18 Å². The van der Waals surface area contributed by atoms with Crippen molar-refractivity contribution in [3.63, 3.8) is 0 Å². The summed E-state index contributed by atoms with van der Waals surface area (Å²) in [5.41, 5.74) is 2.71. The number of hydrogen-bond acceptors (Lipinski definition) is 5. The molecule has 2 aromatic carbocycles. The first-order valence-corrected chi connectivity index (χ1v) is 13.1. The van der Waals surface area contributed by atoms with Crippen molar-refractivity contribution in [3.05, 3.63) is 88.2 Å². The molecule has 0 bridgehead atoms. The second-order valence-electron chi connectivity index (χ2n) is 10.3. The third-order valence-corrected chi connectivity index (χ3v) is 7.56. The predicted octanol–water partition coefficient (Wildman–Crippen LogP) is 5.65. The van der Waals surface area contributed by atoms with Gasteiger partial charge in [-0.1, -0.05) is 24.3 Å². The number of amides is 1. The highest BCUT2D eigenvalue weighted by molar-refractivity contribution is 5.81. The summed E-state index contributed by atoms with van der Waals surface area (Å²) in [7, 11) is 0. The van der Waals surface area contributed by atoms with Crippen LogP contribution in [0.5, 0.6) is 0 Å². The number of nitrogens with zero attached hydrogens (tertiary/aromatic N) is 5. The molecule has 1 saturated heterocycles. The Morgan fingerprint density at radius 3 is 2.38 bits per heavy atom. The molecule has 0 N–H and O–H groups in total. The van der Waals surface area contributed by atoms with E-state index in [1.807, 2.05) is 9.30 Å². The number of imidazole rings is 1. The summed E-state index contributed by atoms with van der Waals surface area (Å²) in [5, 5.41) is 11.5. The predicted molar refractivity (Wildman–Crippen MR) is 142 cm³/mol. The number of nitro groups is 1. The normalized spacial score (nSPS) is 16.4. The number of carbonyl (C=O) groups excluding carboxylic acids is 1. The van der Waals surface area contributed by atoms with E-state index < -0.39 is 16.7 Å². The van der Waals surface area contributed by atoms with Gasteiger partial charge in [-0.2, -0.15) is 13.2 Å². The zero-order valence-electron chi connectivity index (χ0n) is 21.5. The molecule has 206 valence electrons. The number of aromatic nitrogens is 2. The first kappa shape index (κ1) is 26.0. The summed E-state index contributed by atoms with van der Waals surface area (Å²) >= 11 is 0. The van der Waals surface area contributed by atoms with Gasteiger partial charge in [0.15, 0.2) is 0 Å². The highest BCUT2D eigenvalue weighted by atomic mass is 19.4. The molecule has 0 spiro atoms. The lowest BCUT2D eigenvalue weighted by atomic mass is 10.0. The third kappa shape index (κ3) is 5.16. The van der Waals surface area contributed by atoms with Crippen molar-refractivity contribution >= 4 is 17.2 Å². The number of non-ortho nitro benzene ring substituents is 1. The van der Waals surface area contributed by atoms with Crippen LogP contribution in [0.25, 0.3) is 28.0 Å². The number of piperazine rings is 1. The van der Waals surface area contributed by atoms with Gasteiger partial charge in [0.05, 0.1) is 21.9 Å². The number of hydrogen-bond donors (Lipinski definition) is 0. The lowest BCUT2D eigenvalue weighted by molar-refractivity contribution is -0.384. The summed E-state index contributed by atoms with van der Waals surface area (Å²) < 4.78 is 42.0. The summed E-state index contributed by atoms with van der Waals surface area (Å²) in [6.07, 6.45) is -0.775. The summed E-state index contributed by atoms with van der Waals surface area (Å²) in [5.74, 6) is 0.387. The van der Waals surface area contributed by atoms with Crippen molar-refractivity contribution in [1.29, 1.82) is 0 Å². The maximum Gasteiger partial charge on any atom is 0.416 e. The molecule has 1 aliphatic heterocycles. The number of pyridine rings is 1. The lowest BCUT2D eigenvalue weighted by Crippen LogP contribution is -2.48. The summed E-state index contributed by atoms with van der Waals surface area (Å²) in [6, 6.07) is 14.9. The van der Waals surface area contributed by atoms with Crippen LogP contribution in [-0.2, 0) is 17.5 Å². The molecule has 11 heteroatoms. The fourth-order valence-electron chi connectivity index (χ4n) is 5.21. The van der Waals surface area contributed by atoms with Gasteiger partial charge in [0.1, 0.15) is 5.65 Å². The molecule has 2 aliphatic rings. The molecule has 40 heavy (non-hydrogen) atoms. The van der Waals surface area contributed by atoms with Gasteiger partial charge in [0.2, 0.25) is 5.91 Å². The monoisotopic (exact) mass is 549 g/mol. The lowest BCUT2D eigenvalue weighted by Gasteiger charge is -2.35. The Morgan fingerprint density at radius 2 is 1.68 bits per heavy atom. The van der Waals surface area contributed by atoms with Crippen LogP contribution < -0.4 is 0 Å². The summed E-state index contributed by atoms with van der Waals surface area (Å²) in [4.78, 5) is 32.4. The molecule has 0 atom stereocenters. The smallest absolute Gasteiger partial charge is 0.340 e. The van der Waals surface area contributed by atoms with E-state index in [4.69, 9.17) is 4.98 Å². The van der Waals surface area contributed by atoms with E-state index in [9.17, 15) is 28.1 Å². The molecule has 3 heterocycles. The van der Waals surface area contributed by atoms with E-state index in [0.717, 1.165) is 30.7 Å². The van der Waals surface area contributed by atoms with E-state index in [1.165, 1.54) is 18.2 Å². The number of carbonyl (C=O) groups is 1. The second-order valence-corrected chi connectivity index (χ2v) is 10.3. The van der Waals surface area contributed by atoms with Crippen LogP contribution in [0.15, 0.2) is 66.9 Å². The van der Waals surface area contributed by atoms with Gasteiger partial charge in [-0.25, -0.2) is 4.98 Å². The fraction of sp³-hybridized carbons (Fsp3) is 0.310. The van der Waals surface area contributed by atoms with Crippen LogP contribution >= 0.6 is 0 Å². The number of halogens is 3. The first-order valence-electron chi connectivity index (χ1n) is 13.1. The Hall–Kier alpha value is -4.25. The van der Waals surface area contributed by atoms with Crippen LogP contribution in [0, 0.1) is 16.0 Å². The number of fused-ring (bicyclic) bond motifs is 1. The maximum absolute atomic E-state index is 13.4. The Kier molecular flexibility index (Phi) is 6.53. The standard InChI is InChI=1S/C29H26F3N5O3/c30-29(31,32)23-5-1-3-20(15-23)22-9-10-26-33-27(21-4-2-6-24(16-21)37(39)40)25(36(26)17-22)18-34-11-13-35(14-12-34)28(38)19-7-8-19/h1-6,9-10,15-17,19H,7-8,11-14,18H2. The van der Waals surface area contributed by atoms with Gasteiger partial charge in [-0.05, 0) is 48.2 Å². The minimum absolute atomic E-state index is 0.0580. The van der Waals surface area contributed by atoms with Crippen LogP contribution in [0.4, 0.5) is 18.9 Å². The van der Waals surface area contributed by atoms with Crippen molar-refractivity contribution in [1.82, 2.24) is 19.2 Å². The maximum atomic E-state index is 13.4. The molecule has 1 amide bonds. The minimum Gasteiger partial charge on any atom is -0.340 e. The van der Waals surface area contributed by atoms with Crippen LogP contribution in [0.3, 0.4) is 0 Å². The highest BCUT2D eigenvalue weighted by Crippen LogP contribution is 2.34. The van der Waals surface area contributed by atoms with Gasteiger partial charge < -0.3 is 9.30 Å². The minimum atomic E-state index is -4.46. The summed E-state index contributed by atoms with van der Waals surface area (Å²) in [6.45, 7) is 3.01. The number of benzene rings is 2. The highest BCUT2D eigenvalue weighted by Gasteiger charge is 2.35. The molecular formula is C29H26F3N5O3. The number of alkyl halides is 3. The van der Waals surface area contributed by atoms with E-state index in [0.29, 0.717) is 60.8 Å². The van der Waals surface area contributed by atoms with Crippen LogP contribution in [-0.4, -0.2) is 56.2 Å². The quantitative estimate of drug-likeness (QED) is 0.229. The number of nitro benzene ring substituents is 1. The number of rotatable bonds is 6. The molecule has 6 rings (SSSR count). The first-order chi connectivity index (χ1) is 19.2. The average Bonchev–Trinajstić information content (AvgIpc) is 3.75. The van der Waals surface area contributed by atoms with E-state index >= 15 is 0 Å². The molecule has 8 nitrogen and oxygen atoms in total. The van der Waals surface area contributed by atoms with E-state index in [-0.39, 0.29) is 17.5 Å². The fourth-order valence-corrected chi connectivity index (χ4v) is 5.21. The van der Waals surface area contributed by atoms with Crippen molar-refractivity contribution < 1.29 is 22.9 Å². The Balaban J connectivity index is 1.38. The van der Waals surface area contributed by atoms with Crippen molar-refractivity contribution in [3.8, 4) is 22.4 Å². The largest absolute Gasteiger partial charge is 0.416 e. The Bertz CT molecular complexity index is 1600. The van der Waals surface area contributed by atoms with E-state index in [2.05, 4.69) is 4.90 Å². The van der Waals surface area contributed by atoms with Crippen molar-refractivity contribution in [2.75, 3.05) is 26.2 Å². The molecule has 2 fully saturated rings. The topological polar surface area (TPSA) is 84.0 Å². The van der Waals surface area contributed by atoms with Gasteiger partial charge in [0, 0.05) is 62.5 Å². The van der Waals surface area contributed by atoms with Crippen LogP contribution in [0.2, 0.25) is 0 Å². The zero-order chi connectivity index (χ0) is 28.0. The molecule has 1 aliphatic carbocycles. The average molecular weight is 550 g/mol. The molecule has 0 unspecified atom stereocenters. The van der Waals surface area contributed by atoms with Crippen molar-refractivity contribution in [2.24, 2.45) is 5.92 Å². The Morgan fingerprint density at radius 1 is 0.950 bits per heavy atom. The van der Waals surface area contributed by atoms with Gasteiger partial charge in [-0.15, -0.1) is 0 Å². The molecule has 0 radical (unpaired) electrons. The Labute approximate surface area is 227 Å². The molecule has 4 aromatic rings. The second kappa shape index (κ2) is 10.1. The SMILES string of the molecule is O=C(C1CC1)N1CCN(Cc2c(-c3cccc([N+](=O)[O-])c3)nc3ccc(-c4cccc(C(F)(F)F)c4)cn23)CC1. The molecular weight excluding hydrogens is 523 g/mol. The van der Waals surface area contributed by atoms with Crippen LogP contribution in [0.1, 0.15) is 24.1 Å². The van der Waals surface area contributed by atoms with Crippen molar-refractivity contribution in [2.45, 2.75) is 25.6 Å². The molecule has 1 saturated carbocycles. The zero-order valence-corrected chi connectivity index (χ0v) is 21.5. The third-order valence-electron chi connectivity index (χ3n) is 7.56. The van der Waals surface area contributed by atoms with E-state index in [1.54, 1.807) is 36.5 Å². The van der Waals surface area contributed by atoms with Gasteiger partial charge in [0.25, 0.3) is 5.69 Å². The van der Waals surface area contributed by atoms with Gasteiger partial charge in [-0.3, -0.25) is 19.8 Å². The molecule has 2 aromatic heterocycles.